The lowest BCUT2D eigenvalue weighted by Crippen LogP contribution is -2.42. The second kappa shape index (κ2) is 6.01. The molecular weight excluding hydrogens is 240 g/mol. The fraction of sp³-hybridized carbons (Fsp3) is 0.500. The highest BCUT2D eigenvalue weighted by molar-refractivity contribution is 5.71. The molecule has 8 nitrogen and oxygen atoms in total. The summed E-state index contributed by atoms with van der Waals surface area (Å²) in [4.78, 5) is 35.4. The number of amides is 2. The van der Waals surface area contributed by atoms with Gasteiger partial charge in [-0.15, -0.1) is 0 Å². The number of nitrogens with two attached hydrogens (primary N) is 1. The largest absolute Gasteiger partial charge is 0.394 e. The Balaban J connectivity index is 2.74. The van der Waals surface area contributed by atoms with E-state index in [1.165, 1.54) is 10.8 Å². The Hall–Kier alpha value is -2.09. The molecule has 0 aliphatic rings. The van der Waals surface area contributed by atoms with Gasteiger partial charge < -0.3 is 20.7 Å². The summed E-state index contributed by atoms with van der Waals surface area (Å²) in [6.45, 7) is 1.56. The number of hydrogen-bond donors (Lipinski definition) is 4. The van der Waals surface area contributed by atoms with Crippen LogP contribution in [0.25, 0.3) is 0 Å². The van der Waals surface area contributed by atoms with Crippen LogP contribution in [0, 0.1) is 6.92 Å². The fourth-order valence-electron chi connectivity index (χ4n) is 1.49. The molecule has 1 aromatic heterocycles. The third kappa shape index (κ3) is 3.74. The lowest BCUT2D eigenvalue weighted by molar-refractivity contribution is 0.215. The van der Waals surface area contributed by atoms with Gasteiger partial charge in [0.2, 0.25) is 0 Å². The molecular formula is C10H16N4O4. The number of primary amides is 1. The molecule has 8 heteroatoms. The predicted octanol–water partition coefficient (Wildman–Crippen LogP) is -1.74. The van der Waals surface area contributed by atoms with Crippen molar-refractivity contribution in [1.29, 1.82) is 0 Å². The van der Waals surface area contributed by atoms with Crippen LogP contribution in [0.4, 0.5) is 4.79 Å². The van der Waals surface area contributed by atoms with E-state index in [0.717, 1.165) is 0 Å². The topological polar surface area (TPSA) is 130 Å². The Morgan fingerprint density at radius 2 is 2.28 bits per heavy atom. The van der Waals surface area contributed by atoms with E-state index in [1.807, 2.05) is 0 Å². The zero-order chi connectivity index (χ0) is 13.7. The maximum Gasteiger partial charge on any atom is 0.328 e. The lowest BCUT2D eigenvalue weighted by atomic mass is 10.2. The summed E-state index contributed by atoms with van der Waals surface area (Å²) >= 11 is 0. The number of aromatic amines is 1. The van der Waals surface area contributed by atoms with Crippen molar-refractivity contribution in [2.24, 2.45) is 5.73 Å². The highest BCUT2D eigenvalue weighted by atomic mass is 16.3. The van der Waals surface area contributed by atoms with E-state index < -0.39 is 23.3 Å². The number of carbonyl (C=O) groups is 1. The number of hydrogen-bond acceptors (Lipinski definition) is 4. The van der Waals surface area contributed by atoms with Gasteiger partial charge in [-0.1, -0.05) is 0 Å². The summed E-state index contributed by atoms with van der Waals surface area (Å²) < 4.78 is 1.31. The maximum atomic E-state index is 11.4. The van der Waals surface area contributed by atoms with E-state index in [0.29, 0.717) is 12.0 Å². The van der Waals surface area contributed by atoms with Crippen molar-refractivity contribution in [2.45, 2.75) is 25.9 Å². The number of aryl methyl sites for hydroxylation is 2. The number of urea groups is 1. The Morgan fingerprint density at radius 1 is 1.61 bits per heavy atom. The normalized spacial score (nSPS) is 12.1. The van der Waals surface area contributed by atoms with Crippen molar-refractivity contribution in [3.05, 3.63) is 32.6 Å². The average Bonchev–Trinajstić information content (AvgIpc) is 2.29. The van der Waals surface area contributed by atoms with Gasteiger partial charge in [-0.05, 0) is 13.3 Å². The van der Waals surface area contributed by atoms with E-state index >= 15 is 0 Å². The first-order valence-electron chi connectivity index (χ1n) is 5.41. The molecule has 5 N–H and O–H groups in total. The number of aliphatic hydroxyl groups is 1. The van der Waals surface area contributed by atoms with E-state index in [2.05, 4.69) is 10.3 Å². The average molecular weight is 256 g/mol. The minimum absolute atomic E-state index is 0.252. The van der Waals surface area contributed by atoms with Crippen LogP contribution < -0.4 is 22.3 Å². The summed E-state index contributed by atoms with van der Waals surface area (Å²) in [6.07, 6.45) is 1.75. The van der Waals surface area contributed by atoms with Gasteiger partial charge in [-0.2, -0.15) is 0 Å². The number of carbonyl (C=O) groups excluding carboxylic acids is 1. The van der Waals surface area contributed by atoms with Gasteiger partial charge in [0.15, 0.2) is 0 Å². The molecule has 1 aromatic rings. The summed E-state index contributed by atoms with van der Waals surface area (Å²) in [6, 6.07) is -1.26. The summed E-state index contributed by atoms with van der Waals surface area (Å²) in [5.74, 6) is 0. The quantitative estimate of drug-likeness (QED) is 0.498. The van der Waals surface area contributed by atoms with Gasteiger partial charge in [0.25, 0.3) is 5.56 Å². The van der Waals surface area contributed by atoms with Crippen LogP contribution in [0.15, 0.2) is 15.8 Å². The highest BCUT2D eigenvalue weighted by Crippen LogP contribution is 1.94. The molecule has 0 radical (unpaired) electrons. The molecule has 2 amide bonds. The van der Waals surface area contributed by atoms with Crippen LogP contribution in [-0.4, -0.2) is 33.3 Å². The van der Waals surface area contributed by atoms with Crippen molar-refractivity contribution in [3.63, 3.8) is 0 Å². The Labute approximate surface area is 102 Å². The van der Waals surface area contributed by atoms with Crippen LogP contribution in [0.1, 0.15) is 12.0 Å². The zero-order valence-corrected chi connectivity index (χ0v) is 9.97. The third-order valence-corrected chi connectivity index (χ3v) is 2.47. The molecule has 0 bridgehead atoms. The maximum absolute atomic E-state index is 11.4. The Bertz CT molecular complexity index is 533. The number of nitrogens with one attached hydrogen (secondary N) is 2. The van der Waals surface area contributed by atoms with E-state index in [-0.39, 0.29) is 13.2 Å². The van der Waals surface area contributed by atoms with Gasteiger partial charge in [-0.25, -0.2) is 9.59 Å². The summed E-state index contributed by atoms with van der Waals surface area (Å²) in [5, 5.41) is 11.4. The molecule has 1 heterocycles. The van der Waals surface area contributed by atoms with Crippen LogP contribution >= 0.6 is 0 Å². The van der Waals surface area contributed by atoms with Crippen molar-refractivity contribution in [3.8, 4) is 0 Å². The van der Waals surface area contributed by atoms with Crippen LogP contribution in [-0.2, 0) is 6.54 Å². The standard InChI is InChI=1S/C10H16N4O4/c1-6-4-14(10(18)13-8(6)16)3-2-7(5-15)12-9(11)17/h4,7,15H,2-3,5H2,1H3,(H3,11,12,17)(H,13,16,18)/t7-/m1/s1. The lowest BCUT2D eigenvalue weighted by Gasteiger charge is -2.15. The first kappa shape index (κ1) is 14.0. The molecule has 0 aliphatic heterocycles. The third-order valence-electron chi connectivity index (χ3n) is 2.47. The molecule has 0 saturated heterocycles. The zero-order valence-electron chi connectivity index (χ0n) is 9.97. The van der Waals surface area contributed by atoms with Crippen LogP contribution in [0.5, 0.6) is 0 Å². The second-order valence-corrected chi connectivity index (χ2v) is 3.94. The van der Waals surface area contributed by atoms with Gasteiger partial charge in [0.05, 0.1) is 12.6 Å². The van der Waals surface area contributed by atoms with E-state index in [9.17, 15) is 14.4 Å². The first-order valence-corrected chi connectivity index (χ1v) is 5.41. The Kier molecular flexibility index (Phi) is 4.67. The van der Waals surface area contributed by atoms with Gasteiger partial charge in [-0.3, -0.25) is 9.78 Å². The van der Waals surface area contributed by atoms with Crippen molar-refractivity contribution >= 4 is 6.03 Å². The van der Waals surface area contributed by atoms with Crippen molar-refractivity contribution < 1.29 is 9.90 Å². The molecule has 0 saturated carbocycles. The van der Waals surface area contributed by atoms with Crippen molar-refractivity contribution in [1.82, 2.24) is 14.9 Å². The molecule has 1 atom stereocenters. The van der Waals surface area contributed by atoms with E-state index in [1.54, 1.807) is 6.92 Å². The Morgan fingerprint density at radius 3 is 2.83 bits per heavy atom. The number of rotatable bonds is 5. The molecule has 100 valence electrons. The molecule has 0 aliphatic carbocycles. The van der Waals surface area contributed by atoms with Gasteiger partial charge in [0, 0.05) is 18.3 Å². The van der Waals surface area contributed by atoms with Crippen molar-refractivity contribution in [2.75, 3.05) is 6.61 Å². The molecule has 18 heavy (non-hydrogen) atoms. The van der Waals surface area contributed by atoms with Gasteiger partial charge >= 0.3 is 11.7 Å². The van der Waals surface area contributed by atoms with Crippen LogP contribution in [0.2, 0.25) is 0 Å². The molecule has 0 spiro atoms. The number of aromatic nitrogens is 2. The van der Waals surface area contributed by atoms with Gasteiger partial charge in [0.1, 0.15) is 0 Å². The molecule has 1 rings (SSSR count). The monoisotopic (exact) mass is 256 g/mol. The summed E-state index contributed by atoms with van der Waals surface area (Å²) in [7, 11) is 0. The number of H-pyrrole nitrogens is 1. The van der Waals surface area contributed by atoms with Crippen LogP contribution in [0.3, 0.4) is 0 Å². The second-order valence-electron chi connectivity index (χ2n) is 3.94. The smallest absolute Gasteiger partial charge is 0.328 e. The minimum atomic E-state index is -0.737. The number of nitrogens with zero attached hydrogens (tertiary/aromatic N) is 1. The SMILES string of the molecule is Cc1cn(CC[C@H](CO)NC(N)=O)c(=O)[nH]c1=O. The molecule has 0 unspecified atom stereocenters. The first-order chi connectivity index (χ1) is 8.43. The fourth-order valence-corrected chi connectivity index (χ4v) is 1.49. The molecule has 0 aromatic carbocycles. The highest BCUT2D eigenvalue weighted by Gasteiger charge is 2.10. The van der Waals surface area contributed by atoms with E-state index in [4.69, 9.17) is 10.8 Å². The molecule has 0 fully saturated rings. The predicted molar refractivity (Wildman–Crippen MR) is 64.3 cm³/mol. The summed E-state index contributed by atoms with van der Waals surface area (Å²) in [5.41, 5.74) is 4.40. The minimum Gasteiger partial charge on any atom is -0.394 e. The number of aliphatic hydroxyl groups excluding tert-OH is 1.